The summed E-state index contributed by atoms with van der Waals surface area (Å²) in [7, 11) is 0. The van der Waals surface area contributed by atoms with Gasteiger partial charge in [0.1, 0.15) is 0 Å². The van der Waals surface area contributed by atoms with E-state index in [-0.39, 0.29) is 24.0 Å². The number of benzene rings is 1. The van der Waals surface area contributed by atoms with E-state index in [2.05, 4.69) is 4.74 Å². The van der Waals surface area contributed by atoms with Crippen LogP contribution in [0, 0.1) is 0 Å². The van der Waals surface area contributed by atoms with Crippen LogP contribution in [-0.2, 0) is 5.88 Å². The molecule has 0 radical (unpaired) electrons. The predicted molar refractivity (Wildman–Crippen MR) is 53.9 cm³/mol. The lowest BCUT2D eigenvalue weighted by atomic mass is 10.2. The van der Waals surface area contributed by atoms with Gasteiger partial charge in [-0.15, -0.1) is 24.8 Å². The molecule has 16 heavy (non-hydrogen) atoms. The van der Waals surface area contributed by atoms with Gasteiger partial charge in [0, 0.05) is 5.88 Å². The maximum atomic E-state index is 12.0. The highest BCUT2D eigenvalue weighted by Gasteiger charge is 2.32. The van der Waals surface area contributed by atoms with Crippen LogP contribution in [0.1, 0.15) is 12.5 Å². The Morgan fingerprint density at radius 2 is 1.94 bits per heavy atom. The molecule has 1 aromatic rings. The van der Waals surface area contributed by atoms with Crippen molar-refractivity contribution in [3.63, 3.8) is 0 Å². The van der Waals surface area contributed by atoms with Crippen molar-refractivity contribution < 1.29 is 22.6 Å². The zero-order valence-electron chi connectivity index (χ0n) is 8.47. The maximum absolute atomic E-state index is 12.0. The number of ether oxygens (including phenoxy) is 2. The number of rotatable bonds is 4. The maximum Gasteiger partial charge on any atom is 0.573 e. The first-order valence-corrected chi connectivity index (χ1v) is 5.07. The highest BCUT2D eigenvalue weighted by atomic mass is 35.5. The molecule has 0 amide bonds. The molecule has 0 atom stereocenters. The normalized spacial score (nSPS) is 11.3. The van der Waals surface area contributed by atoms with E-state index >= 15 is 0 Å². The van der Waals surface area contributed by atoms with Crippen LogP contribution in [0.15, 0.2) is 18.2 Å². The largest absolute Gasteiger partial charge is 0.573 e. The van der Waals surface area contributed by atoms with Gasteiger partial charge in [0.15, 0.2) is 11.5 Å². The molecule has 0 aliphatic heterocycles. The third-order valence-corrected chi connectivity index (χ3v) is 2.00. The molecule has 0 aliphatic rings. The van der Waals surface area contributed by atoms with Crippen molar-refractivity contribution in [2.24, 2.45) is 0 Å². The van der Waals surface area contributed by atoms with Crippen molar-refractivity contribution in [1.82, 2.24) is 0 Å². The van der Waals surface area contributed by atoms with Crippen LogP contribution < -0.4 is 9.47 Å². The van der Waals surface area contributed by atoms with Crippen LogP contribution in [0.5, 0.6) is 11.5 Å². The molecule has 6 heteroatoms. The molecular weight excluding hydrogens is 245 g/mol. The van der Waals surface area contributed by atoms with Gasteiger partial charge in [-0.2, -0.15) is 0 Å². The molecule has 0 N–H and O–H groups in total. The lowest BCUT2D eigenvalue weighted by molar-refractivity contribution is -0.275. The van der Waals surface area contributed by atoms with Gasteiger partial charge in [-0.3, -0.25) is 0 Å². The molecule has 0 saturated heterocycles. The molecule has 0 bridgehead atoms. The van der Waals surface area contributed by atoms with Gasteiger partial charge >= 0.3 is 6.36 Å². The molecule has 0 spiro atoms. The van der Waals surface area contributed by atoms with E-state index in [1.807, 2.05) is 0 Å². The summed E-state index contributed by atoms with van der Waals surface area (Å²) >= 11 is 5.57. The summed E-state index contributed by atoms with van der Waals surface area (Å²) in [6.45, 7) is 1.92. The second-order valence-corrected chi connectivity index (χ2v) is 3.16. The van der Waals surface area contributed by atoms with E-state index in [1.165, 1.54) is 18.2 Å². The molecule has 90 valence electrons. The summed E-state index contributed by atoms with van der Waals surface area (Å²) in [5.41, 5.74) is 0.666. The van der Waals surface area contributed by atoms with Crippen LogP contribution in [-0.4, -0.2) is 13.0 Å². The van der Waals surface area contributed by atoms with E-state index in [4.69, 9.17) is 16.3 Å². The third kappa shape index (κ3) is 3.81. The summed E-state index contributed by atoms with van der Waals surface area (Å²) < 4.78 is 45.0. The summed E-state index contributed by atoms with van der Waals surface area (Å²) in [5.74, 6) is -0.118. The number of alkyl halides is 4. The van der Waals surface area contributed by atoms with Gasteiger partial charge in [0.25, 0.3) is 0 Å². The van der Waals surface area contributed by atoms with Crippen molar-refractivity contribution in [1.29, 1.82) is 0 Å². The third-order valence-electron chi connectivity index (χ3n) is 1.69. The van der Waals surface area contributed by atoms with Gasteiger partial charge in [0.05, 0.1) is 6.61 Å². The first-order valence-electron chi connectivity index (χ1n) is 4.53. The lowest BCUT2D eigenvalue weighted by Gasteiger charge is -2.14. The predicted octanol–water partition coefficient (Wildman–Crippen LogP) is 3.72. The topological polar surface area (TPSA) is 18.5 Å². The van der Waals surface area contributed by atoms with Gasteiger partial charge in [-0.1, -0.05) is 6.07 Å². The fourth-order valence-electron chi connectivity index (χ4n) is 1.11. The standard InChI is InChI=1S/C10H10ClF3O2/c1-2-15-9-5-7(6-11)3-4-8(9)16-10(12,13)14/h3-5H,2,6H2,1H3. The zero-order valence-corrected chi connectivity index (χ0v) is 9.23. The van der Waals surface area contributed by atoms with Gasteiger partial charge in [0.2, 0.25) is 0 Å². The number of halogens is 4. The van der Waals surface area contributed by atoms with Crippen LogP contribution in [0.3, 0.4) is 0 Å². The molecule has 0 aliphatic carbocycles. The van der Waals surface area contributed by atoms with E-state index in [1.54, 1.807) is 6.92 Å². The van der Waals surface area contributed by atoms with Crippen LogP contribution in [0.2, 0.25) is 0 Å². The first kappa shape index (κ1) is 13.0. The Kier molecular flexibility index (Phi) is 4.29. The fourth-order valence-corrected chi connectivity index (χ4v) is 1.28. The Labute approximate surface area is 95.9 Å². The molecular formula is C10H10ClF3O2. The monoisotopic (exact) mass is 254 g/mol. The zero-order chi connectivity index (χ0) is 12.2. The van der Waals surface area contributed by atoms with Crippen LogP contribution >= 0.6 is 11.6 Å². The highest BCUT2D eigenvalue weighted by molar-refractivity contribution is 6.17. The molecule has 0 fully saturated rings. The van der Waals surface area contributed by atoms with Gasteiger partial charge in [-0.25, -0.2) is 0 Å². The Morgan fingerprint density at radius 3 is 2.44 bits per heavy atom. The Morgan fingerprint density at radius 1 is 1.25 bits per heavy atom. The van der Waals surface area contributed by atoms with Crippen molar-refractivity contribution in [2.45, 2.75) is 19.2 Å². The lowest BCUT2D eigenvalue weighted by Crippen LogP contribution is -2.17. The minimum Gasteiger partial charge on any atom is -0.490 e. The van der Waals surface area contributed by atoms with Gasteiger partial charge in [-0.05, 0) is 24.6 Å². The molecule has 0 saturated carbocycles. The Bertz CT molecular complexity index is 352. The average Bonchev–Trinajstić information content (AvgIpc) is 2.19. The quantitative estimate of drug-likeness (QED) is 0.763. The number of hydrogen-bond acceptors (Lipinski definition) is 2. The summed E-state index contributed by atoms with van der Waals surface area (Å²) in [4.78, 5) is 0. The van der Waals surface area contributed by atoms with E-state index in [0.29, 0.717) is 5.56 Å². The van der Waals surface area contributed by atoms with E-state index in [0.717, 1.165) is 0 Å². The fraction of sp³-hybridized carbons (Fsp3) is 0.400. The summed E-state index contributed by atoms with van der Waals surface area (Å²) in [6.07, 6.45) is -4.73. The molecule has 1 aromatic carbocycles. The van der Waals surface area contributed by atoms with Crippen LogP contribution in [0.25, 0.3) is 0 Å². The molecule has 0 unspecified atom stereocenters. The summed E-state index contributed by atoms with van der Waals surface area (Å²) in [5, 5.41) is 0. The first-order chi connectivity index (χ1) is 7.46. The minimum absolute atomic E-state index is 0.0398. The van der Waals surface area contributed by atoms with Crippen molar-refractivity contribution in [2.75, 3.05) is 6.61 Å². The van der Waals surface area contributed by atoms with Crippen molar-refractivity contribution >= 4 is 11.6 Å². The van der Waals surface area contributed by atoms with E-state index in [9.17, 15) is 13.2 Å². The Hall–Kier alpha value is -1.10. The van der Waals surface area contributed by atoms with E-state index < -0.39 is 6.36 Å². The average molecular weight is 255 g/mol. The Balaban J connectivity index is 2.98. The van der Waals surface area contributed by atoms with Crippen molar-refractivity contribution in [3.8, 4) is 11.5 Å². The highest BCUT2D eigenvalue weighted by Crippen LogP contribution is 2.33. The molecule has 2 nitrogen and oxygen atoms in total. The molecule has 1 rings (SSSR count). The molecule has 0 aromatic heterocycles. The van der Waals surface area contributed by atoms with Gasteiger partial charge < -0.3 is 9.47 Å². The smallest absolute Gasteiger partial charge is 0.490 e. The second kappa shape index (κ2) is 5.30. The SMILES string of the molecule is CCOc1cc(CCl)ccc1OC(F)(F)F. The summed E-state index contributed by atoms with van der Waals surface area (Å²) in [6, 6.07) is 4.07. The number of hydrogen-bond donors (Lipinski definition) is 0. The second-order valence-electron chi connectivity index (χ2n) is 2.90. The van der Waals surface area contributed by atoms with Crippen molar-refractivity contribution in [3.05, 3.63) is 23.8 Å². The minimum atomic E-state index is -4.73. The van der Waals surface area contributed by atoms with Crippen LogP contribution in [0.4, 0.5) is 13.2 Å². The molecule has 0 heterocycles.